The molecule has 0 aliphatic heterocycles. The molecule has 6 heteroatoms. The second-order valence-electron chi connectivity index (χ2n) is 3.03. The van der Waals surface area contributed by atoms with Crippen molar-refractivity contribution in [2.75, 3.05) is 0 Å². The molecule has 0 saturated carbocycles. The van der Waals surface area contributed by atoms with Crippen LogP contribution in [0, 0.1) is 0 Å². The summed E-state index contributed by atoms with van der Waals surface area (Å²) in [6.45, 7) is 1.03. The Morgan fingerprint density at radius 3 is 2.19 bits per heavy atom. The van der Waals surface area contributed by atoms with E-state index in [1.165, 1.54) is 12.1 Å². The topological polar surface area (TPSA) is 77.5 Å². The zero-order chi connectivity index (χ0) is 12.1. The molecule has 0 aliphatic carbocycles. The van der Waals surface area contributed by atoms with Crippen LogP contribution in [0.4, 0.5) is 0 Å². The van der Waals surface area contributed by atoms with Gasteiger partial charge in [-0.2, -0.15) is 0 Å². The molecule has 16 heavy (non-hydrogen) atoms. The fourth-order valence-electron chi connectivity index (χ4n) is 1.06. The second kappa shape index (κ2) is 5.41. The molecule has 5 nitrogen and oxygen atoms in total. The lowest BCUT2D eigenvalue weighted by Crippen LogP contribution is -2.33. The van der Waals surface area contributed by atoms with Gasteiger partial charge in [-0.15, -0.1) is 0 Å². The number of hydrogen-bond donors (Lipinski definition) is 1. The Morgan fingerprint density at radius 1 is 1.19 bits per heavy atom. The predicted octanol–water partition coefficient (Wildman–Crippen LogP) is 0.161. The van der Waals surface area contributed by atoms with Gasteiger partial charge in [0.05, 0.1) is 0 Å². The number of esters is 1. The smallest absolute Gasteiger partial charge is 0.337 e. The molecule has 1 unspecified atom stereocenters. The van der Waals surface area contributed by atoms with Gasteiger partial charge in [-0.05, 0) is 19.1 Å². The number of carbonyl (C=O) groups excluding carboxylic acids is 2. The Hall–Kier alpha value is -1.69. The highest BCUT2D eigenvalue weighted by Gasteiger charge is 2.28. The first-order chi connectivity index (χ1) is 7.52. The Balaban J connectivity index is 2.82. The van der Waals surface area contributed by atoms with Gasteiger partial charge in [-0.25, -0.2) is 13.2 Å². The summed E-state index contributed by atoms with van der Waals surface area (Å²) in [5, 5.41) is -1.73. The molecule has 0 fully saturated rings. The van der Waals surface area contributed by atoms with Crippen molar-refractivity contribution >= 4 is 22.5 Å². The highest BCUT2D eigenvalue weighted by Crippen LogP contribution is 2.10. The van der Waals surface area contributed by atoms with E-state index in [1.54, 1.807) is 18.2 Å². The van der Waals surface area contributed by atoms with Crippen LogP contribution >= 0.6 is 0 Å². The summed E-state index contributed by atoms with van der Waals surface area (Å²) < 4.78 is 26.1. The van der Waals surface area contributed by atoms with Crippen LogP contribution in [0.25, 0.3) is 0 Å². The van der Waals surface area contributed by atoms with E-state index in [0.717, 1.165) is 6.92 Å². The normalized spacial score (nSPS) is 12.1. The minimum absolute atomic E-state index is 0.204. The van der Waals surface area contributed by atoms with Gasteiger partial charge in [-0.1, -0.05) is 18.2 Å². The van der Waals surface area contributed by atoms with Gasteiger partial charge >= 0.3 is 5.97 Å². The molecule has 86 valence electrons. The van der Waals surface area contributed by atoms with Crippen molar-refractivity contribution in [3.8, 4) is 5.75 Å². The summed E-state index contributed by atoms with van der Waals surface area (Å²) in [5.41, 5.74) is 0. The van der Waals surface area contributed by atoms with Crippen molar-refractivity contribution in [1.82, 2.24) is 0 Å². The maximum absolute atomic E-state index is 11.4. The number of Topliss-reactive ketones (excluding diaryl/α,β-unsaturated/α-hetero) is 1. The van der Waals surface area contributed by atoms with E-state index in [-0.39, 0.29) is 5.75 Å². The maximum Gasteiger partial charge on any atom is 0.337 e. The molecule has 0 amide bonds. The van der Waals surface area contributed by atoms with E-state index >= 15 is 0 Å². The zero-order valence-electron chi connectivity index (χ0n) is 8.45. The van der Waals surface area contributed by atoms with Crippen molar-refractivity contribution in [3.05, 3.63) is 30.3 Å². The molecule has 0 saturated heterocycles. The number of hydrogen-bond acceptors (Lipinski definition) is 5. The van der Waals surface area contributed by atoms with E-state index in [1.807, 2.05) is 0 Å². The number of para-hydroxylation sites is 1. The van der Waals surface area contributed by atoms with Gasteiger partial charge in [0, 0.05) is 0 Å². The van der Waals surface area contributed by atoms with Crippen LogP contribution in [0.2, 0.25) is 0 Å². The van der Waals surface area contributed by atoms with E-state index in [9.17, 15) is 18.0 Å². The largest absolute Gasteiger partial charge is 0.425 e. The Morgan fingerprint density at radius 2 is 1.75 bits per heavy atom. The fourth-order valence-corrected chi connectivity index (χ4v) is 1.58. The van der Waals surface area contributed by atoms with E-state index in [2.05, 4.69) is 0 Å². The molecule has 0 radical (unpaired) electrons. The monoisotopic (exact) mass is 242 g/mol. The third-order valence-corrected chi connectivity index (χ3v) is 2.78. The summed E-state index contributed by atoms with van der Waals surface area (Å²) in [6, 6.07) is 7.96. The average Bonchev–Trinajstić information content (AvgIpc) is 2.17. The molecule has 1 atom stereocenters. The SMILES string of the molecule is CC(=O)C(C(=O)Oc1ccccc1)[SH](=O)=O. The zero-order valence-corrected chi connectivity index (χ0v) is 9.35. The molecular formula is C10H10O5S. The number of rotatable bonds is 4. The lowest BCUT2D eigenvalue weighted by Gasteiger charge is -2.06. The van der Waals surface area contributed by atoms with Crippen LogP contribution in [0.15, 0.2) is 30.3 Å². The molecule has 0 bridgehead atoms. The first-order valence-corrected chi connectivity index (χ1v) is 5.67. The van der Waals surface area contributed by atoms with Gasteiger partial charge in [-0.3, -0.25) is 4.79 Å². The van der Waals surface area contributed by atoms with Gasteiger partial charge in [0.2, 0.25) is 5.25 Å². The van der Waals surface area contributed by atoms with Crippen molar-refractivity contribution < 1.29 is 22.7 Å². The Bertz CT molecular complexity index is 455. The summed E-state index contributed by atoms with van der Waals surface area (Å²) in [6.07, 6.45) is 0. The van der Waals surface area contributed by atoms with Crippen LogP contribution in [0.1, 0.15) is 6.92 Å². The van der Waals surface area contributed by atoms with Crippen molar-refractivity contribution in [3.63, 3.8) is 0 Å². The number of ether oxygens (including phenoxy) is 1. The molecule has 0 spiro atoms. The predicted molar refractivity (Wildman–Crippen MR) is 56.9 cm³/mol. The number of thiol groups is 1. The van der Waals surface area contributed by atoms with Gasteiger partial charge in [0.25, 0.3) is 0 Å². The molecular weight excluding hydrogens is 232 g/mol. The third kappa shape index (κ3) is 3.16. The summed E-state index contributed by atoms with van der Waals surface area (Å²) in [7, 11) is -3.16. The van der Waals surface area contributed by atoms with Gasteiger partial charge in [0.15, 0.2) is 16.5 Å². The lowest BCUT2D eigenvalue weighted by atomic mass is 10.3. The molecule has 1 aromatic rings. The number of carbonyl (C=O) groups is 2. The van der Waals surface area contributed by atoms with Gasteiger partial charge in [0.1, 0.15) is 5.75 Å². The van der Waals surface area contributed by atoms with E-state index in [0.29, 0.717) is 0 Å². The fraction of sp³-hybridized carbons (Fsp3) is 0.200. The third-order valence-electron chi connectivity index (χ3n) is 1.78. The molecule has 1 rings (SSSR count). The molecule has 0 N–H and O–H groups in total. The summed E-state index contributed by atoms with van der Waals surface area (Å²) in [4.78, 5) is 22.3. The quantitative estimate of drug-likeness (QED) is 0.352. The minimum Gasteiger partial charge on any atom is -0.425 e. The van der Waals surface area contributed by atoms with Crippen molar-refractivity contribution in [2.45, 2.75) is 12.2 Å². The summed E-state index contributed by atoms with van der Waals surface area (Å²) >= 11 is 0. The summed E-state index contributed by atoms with van der Waals surface area (Å²) in [5.74, 6) is -1.62. The number of benzene rings is 1. The second-order valence-corrected chi connectivity index (χ2v) is 4.12. The van der Waals surface area contributed by atoms with Crippen LogP contribution < -0.4 is 4.74 Å². The molecule has 0 aliphatic rings. The highest BCUT2D eigenvalue weighted by molar-refractivity contribution is 7.75. The Labute approximate surface area is 94.0 Å². The van der Waals surface area contributed by atoms with Crippen molar-refractivity contribution in [1.29, 1.82) is 0 Å². The first-order valence-electron chi connectivity index (χ1n) is 4.43. The number of ketones is 1. The average molecular weight is 242 g/mol. The van der Waals surface area contributed by atoms with E-state index < -0.39 is 27.7 Å². The molecule has 0 heterocycles. The van der Waals surface area contributed by atoms with Crippen LogP contribution in [-0.4, -0.2) is 25.4 Å². The molecule has 1 aromatic carbocycles. The van der Waals surface area contributed by atoms with Crippen LogP contribution in [0.5, 0.6) is 5.75 Å². The Kier molecular flexibility index (Phi) is 4.19. The minimum atomic E-state index is -3.16. The van der Waals surface area contributed by atoms with Crippen molar-refractivity contribution in [2.24, 2.45) is 0 Å². The molecule has 0 aromatic heterocycles. The van der Waals surface area contributed by atoms with Gasteiger partial charge < -0.3 is 4.74 Å². The first kappa shape index (κ1) is 12.4. The van der Waals surface area contributed by atoms with Crippen LogP contribution in [0.3, 0.4) is 0 Å². The van der Waals surface area contributed by atoms with Crippen LogP contribution in [-0.2, 0) is 20.3 Å². The lowest BCUT2D eigenvalue weighted by molar-refractivity contribution is -0.136. The maximum atomic E-state index is 11.4. The standard InChI is InChI=1S/C10H10O5S/c1-7(11)9(16(13)14)10(12)15-8-5-3-2-4-6-8/h2-6,9,16H,1H3. The highest BCUT2D eigenvalue weighted by atomic mass is 32.2. The van der Waals surface area contributed by atoms with E-state index in [4.69, 9.17) is 4.74 Å².